The smallest absolute Gasteiger partial charge is 0.0578 e. The first-order valence-electron chi connectivity index (χ1n) is 12.3. The van der Waals surface area contributed by atoms with Gasteiger partial charge in [0.2, 0.25) is 0 Å². The summed E-state index contributed by atoms with van der Waals surface area (Å²) in [6, 6.07) is 0. The molecule has 4 aliphatic carbocycles. The fourth-order valence-corrected chi connectivity index (χ4v) is 7.31. The minimum Gasteiger partial charge on any atom is -0.393 e. The first-order valence-corrected chi connectivity index (χ1v) is 12.3. The Morgan fingerprint density at radius 1 is 1.20 bits per heavy atom. The zero-order chi connectivity index (χ0) is 21.7. The molecule has 2 fully saturated rings. The van der Waals surface area contributed by atoms with Gasteiger partial charge in [0.25, 0.3) is 0 Å². The van der Waals surface area contributed by atoms with E-state index >= 15 is 0 Å². The highest BCUT2D eigenvalue weighted by molar-refractivity contribution is 5.51. The molecule has 0 heterocycles. The van der Waals surface area contributed by atoms with E-state index in [1.165, 1.54) is 30.4 Å². The largest absolute Gasteiger partial charge is 0.393 e. The van der Waals surface area contributed by atoms with Crippen LogP contribution in [-0.2, 0) is 0 Å². The molecule has 1 heteroatoms. The molecular formula is C29H42O. The summed E-state index contributed by atoms with van der Waals surface area (Å²) in [5.74, 6) is 2.43. The molecule has 0 bridgehead atoms. The van der Waals surface area contributed by atoms with Crippen LogP contribution in [0.3, 0.4) is 0 Å². The predicted molar refractivity (Wildman–Crippen MR) is 128 cm³/mol. The van der Waals surface area contributed by atoms with Gasteiger partial charge in [0.1, 0.15) is 0 Å². The molecule has 0 aromatic carbocycles. The number of hydrogen-bond acceptors (Lipinski definition) is 1. The van der Waals surface area contributed by atoms with Crippen molar-refractivity contribution in [3.8, 4) is 0 Å². The van der Waals surface area contributed by atoms with Crippen molar-refractivity contribution < 1.29 is 5.11 Å². The van der Waals surface area contributed by atoms with Crippen LogP contribution < -0.4 is 0 Å². The zero-order valence-corrected chi connectivity index (χ0v) is 19.9. The molecule has 0 radical (unpaired) electrons. The Bertz CT molecular complexity index is 823. The lowest BCUT2D eigenvalue weighted by atomic mass is 9.51. The van der Waals surface area contributed by atoms with Crippen LogP contribution in [0.4, 0.5) is 0 Å². The van der Waals surface area contributed by atoms with Gasteiger partial charge < -0.3 is 5.11 Å². The number of aliphatic hydroxyl groups is 1. The average Bonchev–Trinajstić information content (AvgIpc) is 3.06. The first-order chi connectivity index (χ1) is 14.2. The van der Waals surface area contributed by atoms with Crippen LogP contribution >= 0.6 is 0 Å². The van der Waals surface area contributed by atoms with E-state index in [0.717, 1.165) is 25.7 Å². The maximum absolute atomic E-state index is 10.2. The van der Waals surface area contributed by atoms with Crippen molar-refractivity contribution in [2.24, 2.45) is 34.5 Å². The van der Waals surface area contributed by atoms with Crippen LogP contribution in [0.5, 0.6) is 0 Å². The SMILES string of the molecule is C=C(C)[C@@H](C=C[C@@H](C)[C@H]1CC=C2C3=CC=C4CC(O)CC[C@]4(C)[C@H]3CC[C@@]21C)CC. The van der Waals surface area contributed by atoms with Gasteiger partial charge in [0, 0.05) is 0 Å². The maximum atomic E-state index is 10.2. The third kappa shape index (κ3) is 3.42. The van der Waals surface area contributed by atoms with Gasteiger partial charge in [-0.05, 0) is 97.5 Å². The molecule has 164 valence electrons. The average molecular weight is 407 g/mol. The van der Waals surface area contributed by atoms with E-state index in [4.69, 9.17) is 0 Å². The van der Waals surface area contributed by atoms with Crippen LogP contribution in [0.1, 0.15) is 79.6 Å². The molecule has 0 amide bonds. The summed E-state index contributed by atoms with van der Waals surface area (Å²) < 4.78 is 0. The highest BCUT2D eigenvalue weighted by Crippen LogP contribution is 2.64. The van der Waals surface area contributed by atoms with E-state index in [0.29, 0.717) is 29.1 Å². The van der Waals surface area contributed by atoms with E-state index in [9.17, 15) is 5.11 Å². The normalized spacial score (nSPS) is 39.9. The molecule has 0 aromatic heterocycles. The standard InChI is InChI=1S/C29H42O/c1-7-21(19(2)3)9-8-20(4)25-12-13-26-24-11-10-22-18-23(30)14-16-28(22,5)27(24)15-17-29(25,26)6/h8-11,13,20-21,23,25,27,30H,2,7,12,14-18H2,1,3-6H3/t20-,21-,23?,25-,27+,28+,29-/m1/s1. The summed E-state index contributed by atoms with van der Waals surface area (Å²) in [6.07, 6.45) is 20.1. The molecule has 1 nitrogen and oxygen atoms in total. The highest BCUT2D eigenvalue weighted by Gasteiger charge is 2.53. The lowest BCUT2D eigenvalue weighted by Crippen LogP contribution is -2.44. The van der Waals surface area contributed by atoms with Gasteiger partial charge in [0.15, 0.2) is 0 Å². The topological polar surface area (TPSA) is 20.2 Å². The second-order valence-corrected chi connectivity index (χ2v) is 11.2. The fraction of sp³-hybridized carbons (Fsp3) is 0.655. The number of fused-ring (bicyclic) bond motifs is 5. The van der Waals surface area contributed by atoms with Gasteiger partial charge in [-0.3, -0.25) is 0 Å². The molecule has 0 saturated heterocycles. The summed E-state index contributed by atoms with van der Waals surface area (Å²) >= 11 is 0. The third-order valence-corrected chi connectivity index (χ3v) is 9.42. The Kier molecular flexibility index (Phi) is 5.81. The lowest BCUT2D eigenvalue weighted by molar-refractivity contribution is 0.0719. The van der Waals surface area contributed by atoms with E-state index in [1.54, 1.807) is 11.1 Å². The molecule has 4 rings (SSSR count). The molecule has 1 unspecified atom stereocenters. The monoisotopic (exact) mass is 406 g/mol. The summed E-state index contributed by atoms with van der Waals surface area (Å²) in [7, 11) is 0. The lowest BCUT2D eigenvalue weighted by Gasteiger charge is -2.53. The minimum atomic E-state index is -0.137. The second-order valence-electron chi connectivity index (χ2n) is 11.2. The maximum Gasteiger partial charge on any atom is 0.0578 e. The van der Waals surface area contributed by atoms with Gasteiger partial charge in [-0.15, -0.1) is 0 Å². The van der Waals surface area contributed by atoms with Crippen molar-refractivity contribution in [2.75, 3.05) is 0 Å². The van der Waals surface area contributed by atoms with Crippen molar-refractivity contribution in [3.05, 3.63) is 59.3 Å². The Balaban J connectivity index is 1.58. The van der Waals surface area contributed by atoms with E-state index in [-0.39, 0.29) is 11.5 Å². The highest BCUT2D eigenvalue weighted by atomic mass is 16.3. The van der Waals surface area contributed by atoms with Crippen molar-refractivity contribution >= 4 is 0 Å². The van der Waals surface area contributed by atoms with E-state index in [1.807, 2.05) is 0 Å². The summed E-state index contributed by atoms with van der Waals surface area (Å²) in [5.41, 5.74) is 6.60. The van der Waals surface area contributed by atoms with Crippen molar-refractivity contribution in [1.29, 1.82) is 0 Å². The van der Waals surface area contributed by atoms with E-state index < -0.39 is 0 Å². The minimum absolute atomic E-state index is 0.137. The fourth-order valence-electron chi connectivity index (χ4n) is 7.31. The van der Waals surface area contributed by atoms with Crippen LogP contribution in [-0.4, -0.2) is 11.2 Å². The van der Waals surface area contributed by atoms with Gasteiger partial charge in [-0.25, -0.2) is 0 Å². The van der Waals surface area contributed by atoms with Gasteiger partial charge >= 0.3 is 0 Å². The van der Waals surface area contributed by atoms with Crippen LogP contribution in [0.15, 0.2) is 59.3 Å². The summed E-state index contributed by atoms with van der Waals surface area (Å²) in [4.78, 5) is 0. The first kappa shape index (κ1) is 21.9. The summed E-state index contributed by atoms with van der Waals surface area (Å²) in [6.45, 7) is 16.0. The summed E-state index contributed by atoms with van der Waals surface area (Å²) in [5, 5.41) is 10.2. The molecule has 0 aliphatic heterocycles. The number of aliphatic hydroxyl groups excluding tert-OH is 1. The van der Waals surface area contributed by atoms with Crippen LogP contribution in [0, 0.1) is 34.5 Å². The third-order valence-electron chi connectivity index (χ3n) is 9.42. The Morgan fingerprint density at radius 2 is 1.93 bits per heavy atom. The van der Waals surface area contributed by atoms with Crippen molar-refractivity contribution in [2.45, 2.75) is 85.7 Å². The van der Waals surface area contributed by atoms with Gasteiger partial charge in [0.05, 0.1) is 6.10 Å². The second kappa shape index (κ2) is 7.97. The van der Waals surface area contributed by atoms with Gasteiger partial charge in [-0.1, -0.05) is 75.8 Å². The van der Waals surface area contributed by atoms with Crippen LogP contribution in [0.25, 0.3) is 0 Å². The number of allylic oxidation sites excluding steroid dienone is 8. The Labute approximate surface area is 184 Å². The predicted octanol–water partition coefficient (Wildman–Crippen LogP) is 7.56. The molecular weight excluding hydrogens is 364 g/mol. The van der Waals surface area contributed by atoms with Gasteiger partial charge in [-0.2, -0.15) is 0 Å². The van der Waals surface area contributed by atoms with Crippen LogP contribution in [0.2, 0.25) is 0 Å². The molecule has 1 N–H and O–H groups in total. The molecule has 2 saturated carbocycles. The molecule has 4 aliphatic rings. The zero-order valence-electron chi connectivity index (χ0n) is 19.9. The van der Waals surface area contributed by atoms with Crippen molar-refractivity contribution in [3.63, 3.8) is 0 Å². The number of hydrogen-bond donors (Lipinski definition) is 1. The van der Waals surface area contributed by atoms with Crippen molar-refractivity contribution in [1.82, 2.24) is 0 Å². The number of rotatable bonds is 5. The molecule has 7 atom stereocenters. The molecule has 0 spiro atoms. The Hall–Kier alpha value is -1.34. The quantitative estimate of drug-likeness (QED) is 0.467. The Morgan fingerprint density at radius 3 is 2.63 bits per heavy atom. The molecule has 30 heavy (non-hydrogen) atoms. The molecule has 0 aromatic rings. The van der Waals surface area contributed by atoms with E-state index in [2.05, 4.69) is 71.6 Å².